The molecule has 63 heavy (non-hydrogen) atoms. The van der Waals surface area contributed by atoms with Crippen molar-refractivity contribution in [3.63, 3.8) is 0 Å². The molecule has 0 atom stereocenters. The third kappa shape index (κ3) is 17.2. The van der Waals surface area contributed by atoms with E-state index in [9.17, 15) is 19.2 Å². The molecule has 4 aromatic carbocycles. The second-order valence-corrected chi connectivity index (χ2v) is 17.0. The molecule has 0 aliphatic carbocycles. The van der Waals surface area contributed by atoms with Crippen LogP contribution in [0.15, 0.2) is 72.8 Å². The average molecular weight is 948 g/mol. The number of carbonyl (C=O) groups is 4. The molecule has 0 bridgehead atoms. The summed E-state index contributed by atoms with van der Waals surface area (Å²) in [6.07, 6.45) is 4.63. The summed E-state index contributed by atoms with van der Waals surface area (Å²) >= 11 is 24.0. The first-order valence-corrected chi connectivity index (χ1v) is 22.0. The summed E-state index contributed by atoms with van der Waals surface area (Å²) in [4.78, 5) is 50.1. The summed E-state index contributed by atoms with van der Waals surface area (Å²) in [5, 5.41) is 10.9. The molecule has 4 aromatic rings. The minimum Gasteiger partial charge on any atom is -0.493 e. The van der Waals surface area contributed by atoms with Gasteiger partial charge in [0.2, 0.25) is 0 Å². The minimum absolute atomic E-state index is 0.000728. The molecular formula is C47H55Cl4N3O9. The van der Waals surface area contributed by atoms with Gasteiger partial charge in [0.05, 0.1) is 34.3 Å². The van der Waals surface area contributed by atoms with Crippen molar-refractivity contribution >= 4 is 69.7 Å². The van der Waals surface area contributed by atoms with E-state index >= 15 is 0 Å². The van der Waals surface area contributed by atoms with Crippen LogP contribution in [0.3, 0.4) is 0 Å². The minimum atomic E-state index is -1.07. The lowest BCUT2D eigenvalue weighted by atomic mass is 9.91. The number of Topliss-reactive ketones (excluding diaryl/α,β-unsaturated/α-hetero) is 3. The fraction of sp³-hybridized carbons (Fsp3) is 0.404. The summed E-state index contributed by atoms with van der Waals surface area (Å²) in [5.41, 5.74) is 9.25. The first-order valence-electron chi connectivity index (χ1n) is 20.5. The molecule has 2 saturated heterocycles. The summed E-state index contributed by atoms with van der Waals surface area (Å²) < 4.78 is 20.9. The number of hydrogen-bond acceptors (Lipinski definition) is 11. The zero-order valence-electron chi connectivity index (χ0n) is 36.0. The Hall–Kier alpha value is -4.40. The number of ether oxygens (including phenoxy) is 4. The average Bonchev–Trinajstić information content (AvgIpc) is 3.26. The van der Waals surface area contributed by atoms with Crippen molar-refractivity contribution in [2.45, 2.75) is 65.1 Å². The Balaban J connectivity index is 0.000000229. The van der Waals surface area contributed by atoms with E-state index in [1.54, 1.807) is 24.3 Å². The second kappa shape index (κ2) is 25.8. The molecule has 0 spiro atoms. The van der Waals surface area contributed by atoms with Crippen molar-refractivity contribution in [1.82, 2.24) is 9.80 Å². The predicted octanol–water partition coefficient (Wildman–Crippen LogP) is 9.73. The van der Waals surface area contributed by atoms with Crippen LogP contribution in [0.1, 0.15) is 77.8 Å². The third-order valence-corrected chi connectivity index (χ3v) is 12.0. The summed E-state index contributed by atoms with van der Waals surface area (Å²) in [5.74, 6) is 0.785. The van der Waals surface area contributed by atoms with E-state index in [1.165, 1.54) is 45.8 Å². The number of hydrogen-bond donors (Lipinski definition) is 2. The van der Waals surface area contributed by atoms with Crippen molar-refractivity contribution in [2.24, 2.45) is 11.7 Å². The van der Waals surface area contributed by atoms with E-state index in [-0.39, 0.29) is 24.0 Å². The molecule has 2 heterocycles. The van der Waals surface area contributed by atoms with Crippen LogP contribution in [0.4, 0.5) is 0 Å². The number of likely N-dealkylation sites (tertiary alicyclic amines) is 2. The highest BCUT2D eigenvalue weighted by atomic mass is 35.5. The van der Waals surface area contributed by atoms with Crippen LogP contribution in [-0.2, 0) is 22.7 Å². The van der Waals surface area contributed by atoms with Gasteiger partial charge in [-0.05, 0) is 143 Å². The maximum atomic E-state index is 12.4. The van der Waals surface area contributed by atoms with E-state index < -0.39 is 12.6 Å². The molecule has 0 saturated carbocycles. The Labute approximate surface area is 389 Å². The molecule has 2 fully saturated rings. The van der Waals surface area contributed by atoms with Gasteiger partial charge < -0.3 is 29.8 Å². The number of piperidine rings is 2. The number of benzene rings is 4. The highest BCUT2D eigenvalue weighted by Gasteiger charge is 2.23. The smallest absolute Gasteiger partial charge is 0.341 e. The number of carboxylic acids is 1. The van der Waals surface area contributed by atoms with Gasteiger partial charge in [0.25, 0.3) is 0 Å². The topological polar surface area (TPSA) is 158 Å². The molecule has 2 aliphatic rings. The Morgan fingerprint density at radius 1 is 0.603 bits per heavy atom. The third-order valence-electron chi connectivity index (χ3n) is 10.5. The molecule has 12 nitrogen and oxygen atoms in total. The lowest BCUT2D eigenvalue weighted by Crippen LogP contribution is -2.39. The molecule has 6 rings (SSSR count). The van der Waals surface area contributed by atoms with E-state index in [2.05, 4.69) is 9.80 Å². The number of halogens is 4. The monoisotopic (exact) mass is 945 g/mol. The Bertz CT molecular complexity index is 2170. The van der Waals surface area contributed by atoms with Crippen molar-refractivity contribution in [1.29, 1.82) is 0 Å². The molecular weight excluding hydrogens is 892 g/mol. The highest BCUT2D eigenvalue weighted by molar-refractivity contribution is 6.42. The number of aliphatic carboxylic acids is 1. The van der Waals surface area contributed by atoms with Crippen molar-refractivity contribution in [3.05, 3.63) is 115 Å². The molecule has 3 N–H and O–H groups in total. The molecule has 16 heteroatoms. The Morgan fingerprint density at radius 3 is 1.43 bits per heavy atom. The van der Waals surface area contributed by atoms with E-state index in [1.807, 2.05) is 36.4 Å². The van der Waals surface area contributed by atoms with Gasteiger partial charge in [0.15, 0.2) is 47.0 Å². The maximum Gasteiger partial charge on any atom is 0.341 e. The fourth-order valence-electron chi connectivity index (χ4n) is 6.94. The van der Waals surface area contributed by atoms with Crippen LogP contribution in [0, 0.1) is 5.92 Å². The van der Waals surface area contributed by atoms with Crippen LogP contribution in [0.25, 0.3) is 0 Å². The maximum absolute atomic E-state index is 12.4. The Kier molecular flexibility index (Phi) is 21.0. The first kappa shape index (κ1) is 51.2. The van der Waals surface area contributed by atoms with Crippen molar-refractivity contribution in [3.8, 4) is 23.0 Å². The van der Waals surface area contributed by atoms with Crippen molar-refractivity contribution < 1.29 is 43.2 Å². The summed E-state index contributed by atoms with van der Waals surface area (Å²) in [7, 11) is 2.94. The number of carbonyl (C=O) groups excluding carboxylic acids is 3. The van der Waals surface area contributed by atoms with E-state index in [0.717, 1.165) is 70.5 Å². The lowest BCUT2D eigenvalue weighted by Gasteiger charge is -2.31. The van der Waals surface area contributed by atoms with Crippen molar-refractivity contribution in [2.75, 3.05) is 53.6 Å². The Morgan fingerprint density at radius 2 is 1.03 bits per heavy atom. The van der Waals surface area contributed by atoms with Crippen LogP contribution >= 0.6 is 46.4 Å². The van der Waals surface area contributed by atoms with Crippen LogP contribution in [0.5, 0.6) is 23.0 Å². The normalized spacial score (nSPS) is 14.6. The van der Waals surface area contributed by atoms with Crippen LogP contribution in [0.2, 0.25) is 20.1 Å². The standard InChI is InChI=1S/C24H27Cl2NO4.C12H16Cl2N2.C11H12O5/c1-16(28)19-4-6-23(24(13-19)30-2)31-15-20(29)11-17-7-9-27(10-8-17)14-18-3-5-21(25)22(26)12-18;13-11-2-1-9(7-12(11)14)8-16-5-3-10(15)4-6-16;1-7(12)8-3-4-9(10(5-8)15-2)16-6-11(13)14/h3-6,12-13,17H,7-11,14-15H2,1-2H3;1-2,7,10H,3-6,8,15H2;3-5H,6H2,1-2H3,(H,13,14). The zero-order valence-corrected chi connectivity index (χ0v) is 39.0. The van der Waals surface area contributed by atoms with Gasteiger partial charge in [-0.3, -0.25) is 24.2 Å². The number of nitrogens with two attached hydrogens (primary N) is 1. The highest BCUT2D eigenvalue weighted by Crippen LogP contribution is 2.31. The van der Waals surface area contributed by atoms with E-state index in [0.29, 0.717) is 72.6 Å². The number of rotatable bonds is 16. The molecule has 0 radical (unpaired) electrons. The first-order chi connectivity index (χ1) is 30.0. The molecule has 2 aliphatic heterocycles. The molecule has 340 valence electrons. The largest absolute Gasteiger partial charge is 0.493 e. The number of nitrogens with zero attached hydrogens (tertiary/aromatic N) is 2. The fourth-order valence-corrected chi connectivity index (χ4v) is 7.58. The summed E-state index contributed by atoms with van der Waals surface area (Å²) in [6.45, 7) is 8.28. The summed E-state index contributed by atoms with van der Waals surface area (Å²) in [6, 6.07) is 21.5. The van der Waals surface area contributed by atoms with Gasteiger partial charge in [-0.25, -0.2) is 4.79 Å². The van der Waals surface area contributed by atoms with Gasteiger partial charge in [-0.2, -0.15) is 0 Å². The van der Waals surface area contributed by atoms with Crippen LogP contribution in [-0.4, -0.2) is 97.9 Å². The van der Waals surface area contributed by atoms with E-state index in [4.69, 9.17) is 76.2 Å². The van der Waals surface area contributed by atoms with Gasteiger partial charge in [-0.15, -0.1) is 0 Å². The number of carboxylic acid groups (broad SMARTS) is 1. The SMILES string of the molecule is COc1cc(C(C)=O)ccc1OCC(=O)CC1CCN(Cc2ccc(Cl)c(Cl)c2)CC1.COc1cc(C(C)=O)ccc1OCC(=O)O.NC1CCN(Cc2ccc(Cl)c(Cl)c2)CC1. The number of methoxy groups -OCH3 is 2. The second-order valence-electron chi connectivity index (χ2n) is 15.4. The predicted molar refractivity (Wildman–Crippen MR) is 248 cm³/mol. The lowest BCUT2D eigenvalue weighted by molar-refractivity contribution is -0.139. The van der Waals surface area contributed by atoms with Gasteiger partial charge >= 0.3 is 5.97 Å². The van der Waals surface area contributed by atoms with Gasteiger partial charge in [-0.1, -0.05) is 58.5 Å². The molecule has 0 aromatic heterocycles. The quantitative estimate of drug-likeness (QED) is 0.103. The van der Waals surface area contributed by atoms with Gasteiger partial charge in [0, 0.05) is 36.7 Å². The molecule has 0 amide bonds. The number of ketones is 3. The van der Waals surface area contributed by atoms with Crippen LogP contribution < -0.4 is 24.7 Å². The van der Waals surface area contributed by atoms with Gasteiger partial charge in [0.1, 0.15) is 6.61 Å². The zero-order chi connectivity index (χ0) is 46.1. The molecule has 0 unspecified atom stereocenters.